The molecule has 0 aromatic carbocycles. The van der Waals surface area contributed by atoms with Crippen molar-refractivity contribution in [3.8, 4) is 0 Å². The van der Waals surface area contributed by atoms with E-state index < -0.39 is 0 Å². The summed E-state index contributed by atoms with van der Waals surface area (Å²) in [6, 6.07) is 0.934. The Balaban J connectivity index is 1.83. The standard InChI is InChI=1S/C14H26N2O2/c1-11(2)15(3)14(17)9-16(13-4-5-13)8-12-6-7-18-10-12/h11-13H,4-10H2,1-3H3. The Morgan fingerprint density at radius 1 is 1.33 bits per heavy atom. The van der Waals surface area contributed by atoms with Crippen LogP contribution in [0.25, 0.3) is 0 Å². The molecule has 2 rings (SSSR count). The monoisotopic (exact) mass is 254 g/mol. The SMILES string of the molecule is CC(C)N(C)C(=O)CN(CC1CCOC1)C1CC1. The van der Waals surface area contributed by atoms with Crippen LogP contribution < -0.4 is 0 Å². The van der Waals surface area contributed by atoms with Crippen molar-refractivity contribution >= 4 is 5.91 Å². The normalized spacial score (nSPS) is 23.9. The molecule has 104 valence electrons. The Bertz CT molecular complexity index is 284. The van der Waals surface area contributed by atoms with E-state index in [1.165, 1.54) is 12.8 Å². The van der Waals surface area contributed by atoms with E-state index in [9.17, 15) is 4.79 Å². The summed E-state index contributed by atoms with van der Waals surface area (Å²) in [5, 5.41) is 0. The van der Waals surface area contributed by atoms with Crippen molar-refractivity contribution in [3.05, 3.63) is 0 Å². The van der Waals surface area contributed by atoms with Crippen LogP contribution in [-0.4, -0.2) is 61.1 Å². The molecular weight excluding hydrogens is 228 g/mol. The van der Waals surface area contributed by atoms with Crippen LogP contribution in [-0.2, 0) is 9.53 Å². The minimum absolute atomic E-state index is 0.246. The first kappa shape index (κ1) is 13.8. The Hall–Kier alpha value is -0.610. The van der Waals surface area contributed by atoms with Gasteiger partial charge in [0.25, 0.3) is 0 Å². The van der Waals surface area contributed by atoms with Crippen LogP contribution in [0.5, 0.6) is 0 Å². The molecule has 4 heteroatoms. The van der Waals surface area contributed by atoms with Gasteiger partial charge >= 0.3 is 0 Å². The number of amides is 1. The number of carbonyl (C=O) groups is 1. The zero-order valence-electron chi connectivity index (χ0n) is 11.9. The fraction of sp³-hybridized carbons (Fsp3) is 0.929. The van der Waals surface area contributed by atoms with Crippen LogP contribution in [0.3, 0.4) is 0 Å². The first-order chi connectivity index (χ1) is 8.58. The second-order valence-corrected chi connectivity index (χ2v) is 5.99. The average Bonchev–Trinajstić information content (AvgIpc) is 3.06. The molecule has 1 atom stereocenters. The van der Waals surface area contributed by atoms with Gasteiger partial charge in [0, 0.05) is 32.3 Å². The molecule has 0 aromatic heterocycles. The summed E-state index contributed by atoms with van der Waals surface area (Å²) in [6.07, 6.45) is 3.66. The minimum atomic E-state index is 0.246. The summed E-state index contributed by atoms with van der Waals surface area (Å²) < 4.78 is 5.43. The predicted octanol–water partition coefficient (Wildman–Crippen LogP) is 1.35. The summed E-state index contributed by atoms with van der Waals surface area (Å²) in [7, 11) is 1.90. The van der Waals surface area contributed by atoms with Crippen molar-refractivity contribution in [2.75, 3.05) is 33.4 Å². The summed E-state index contributed by atoms with van der Waals surface area (Å²) >= 11 is 0. The Kier molecular flexibility index (Phi) is 4.62. The molecule has 1 aliphatic carbocycles. The highest BCUT2D eigenvalue weighted by Crippen LogP contribution is 2.28. The van der Waals surface area contributed by atoms with Crippen LogP contribution in [0.15, 0.2) is 0 Å². The summed E-state index contributed by atoms with van der Waals surface area (Å²) in [5.41, 5.74) is 0. The van der Waals surface area contributed by atoms with E-state index >= 15 is 0 Å². The molecule has 0 aromatic rings. The average molecular weight is 254 g/mol. The highest BCUT2D eigenvalue weighted by molar-refractivity contribution is 5.78. The van der Waals surface area contributed by atoms with E-state index in [1.807, 2.05) is 11.9 Å². The van der Waals surface area contributed by atoms with Crippen molar-refractivity contribution in [3.63, 3.8) is 0 Å². The van der Waals surface area contributed by atoms with E-state index in [0.717, 1.165) is 26.2 Å². The van der Waals surface area contributed by atoms with Crippen LogP contribution in [0.1, 0.15) is 33.1 Å². The molecule has 18 heavy (non-hydrogen) atoms. The van der Waals surface area contributed by atoms with Gasteiger partial charge in [0.1, 0.15) is 0 Å². The van der Waals surface area contributed by atoms with Crippen LogP contribution >= 0.6 is 0 Å². The molecule has 4 nitrogen and oxygen atoms in total. The second kappa shape index (κ2) is 6.02. The molecule has 0 spiro atoms. The molecule has 1 amide bonds. The van der Waals surface area contributed by atoms with Crippen LogP contribution in [0, 0.1) is 5.92 Å². The fourth-order valence-corrected chi connectivity index (χ4v) is 2.41. The largest absolute Gasteiger partial charge is 0.381 e. The molecule has 0 N–H and O–H groups in total. The third kappa shape index (κ3) is 3.69. The van der Waals surface area contributed by atoms with Gasteiger partial charge < -0.3 is 9.64 Å². The molecule has 2 aliphatic rings. The number of rotatable bonds is 6. The van der Waals surface area contributed by atoms with Gasteiger partial charge in [-0.25, -0.2) is 0 Å². The topological polar surface area (TPSA) is 32.8 Å². The van der Waals surface area contributed by atoms with Crippen molar-refractivity contribution < 1.29 is 9.53 Å². The molecule has 0 radical (unpaired) electrons. The van der Waals surface area contributed by atoms with Gasteiger partial charge in [0.2, 0.25) is 5.91 Å². The van der Waals surface area contributed by atoms with Crippen molar-refractivity contribution in [2.24, 2.45) is 5.92 Å². The van der Waals surface area contributed by atoms with Crippen molar-refractivity contribution in [2.45, 2.75) is 45.2 Å². The lowest BCUT2D eigenvalue weighted by Gasteiger charge is -2.28. The van der Waals surface area contributed by atoms with E-state index in [-0.39, 0.29) is 11.9 Å². The van der Waals surface area contributed by atoms with Gasteiger partial charge in [-0.2, -0.15) is 0 Å². The van der Waals surface area contributed by atoms with Gasteiger partial charge in [0.05, 0.1) is 13.2 Å². The minimum Gasteiger partial charge on any atom is -0.381 e. The molecule has 1 heterocycles. The summed E-state index contributed by atoms with van der Waals surface area (Å²) in [4.78, 5) is 16.4. The van der Waals surface area contributed by atoms with E-state index in [2.05, 4.69) is 18.7 Å². The van der Waals surface area contributed by atoms with Crippen LogP contribution in [0.2, 0.25) is 0 Å². The van der Waals surface area contributed by atoms with Crippen LogP contribution in [0.4, 0.5) is 0 Å². The highest BCUT2D eigenvalue weighted by atomic mass is 16.5. The smallest absolute Gasteiger partial charge is 0.236 e. The van der Waals surface area contributed by atoms with Crippen molar-refractivity contribution in [1.82, 2.24) is 9.80 Å². The number of likely N-dealkylation sites (N-methyl/N-ethyl adjacent to an activating group) is 1. The third-order valence-corrected chi connectivity index (χ3v) is 4.09. The first-order valence-electron chi connectivity index (χ1n) is 7.15. The van der Waals surface area contributed by atoms with E-state index in [0.29, 0.717) is 18.5 Å². The first-order valence-corrected chi connectivity index (χ1v) is 7.15. The maximum Gasteiger partial charge on any atom is 0.236 e. The maximum absolute atomic E-state index is 12.2. The molecular formula is C14H26N2O2. The van der Waals surface area contributed by atoms with Gasteiger partial charge in [-0.15, -0.1) is 0 Å². The summed E-state index contributed by atoms with van der Waals surface area (Å²) in [5.74, 6) is 0.874. The third-order valence-electron chi connectivity index (χ3n) is 4.09. The van der Waals surface area contributed by atoms with Gasteiger partial charge in [-0.1, -0.05) is 0 Å². The van der Waals surface area contributed by atoms with Gasteiger partial charge in [0.15, 0.2) is 0 Å². The predicted molar refractivity (Wildman–Crippen MR) is 71.4 cm³/mol. The Morgan fingerprint density at radius 2 is 2.06 bits per heavy atom. The number of ether oxygens (including phenoxy) is 1. The number of carbonyl (C=O) groups excluding carboxylic acids is 1. The van der Waals surface area contributed by atoms with E-state index in [1.54, 1.807) is 0 Å². The lowest BCUT2D eigenvalue weighted by molar-refractivity contribution is -0.132. The van der Waals surface area contributed by atoms with Gasteiger partial charge in [-0.3, -0.25) is 9.69 Å². The zero-order chi connectivity index (χ0) is 13.1. The molecule has 2 fully saturated rings. The second-order valence-electron chi connectivity index (χ2n) is 5.99. The lowest BCUT2D eigenvalue weighted by Crippen LogP contribution is -2.43. The molecule has 1 aliphatic heterocycles. The molecule has 0 bridgehead atoms. The highest BCUT2D eigenvalue weighted by Gasteiger charge is 2.33. The summed E-state index contributed by atoms with van der Waals surface area (Å²) in [6.45, 7) is 7.49. The number of hydrogen-bond acceptors (Lipinski definition) is 3. The molecule has 1 saturated heterocycles. The van der Waals surface area contributed by atoms with E-state index in [4.69, 9.17) is 4.74 Å². The van der Waals surface area contributed by atoms with Gasteiger partial charge in [-0.05, 0) is 39.0 Å². The zero-order valence-corrected chi connectivity index (χ0v) is 11.9. The molecule has 1 saturated carbocycles. The quantitative estimate of drug-likeness (QED) is 0.717. The lowest BCUT2D eigenvalue weighted by atomic mass is 10.1. The molecule has 1 unspecified atom stereocenters. The Labute approximate surface area is 110 Å². The number of nitrogens with zero attached hydrogens (tertiary/aromatic N) is 2. The van der Waals surface area contributed by atoms with Crippen molar-refractivity contribution in [1.29, 1.82) is 0 Å². The maximum atomic E-state index is 12.2. The fourth-order valence-electron chi connectivity index (χ4n) is 2.41. The number of hydrogen-bond donors (Lipinski definition) is 0. The Morgan fingerprint density at radius 3 is 2.56 bits per heavy atom.